The van der Waals surface area contributed by atoms with Crippen LogP contribution in [0.1, 0.15) is 32.9 Å². The van der Waals surface area contributed by atoms with E-state index in [2.05, 4.69) is 10.4 Å². The number of nitrogens with zero attached hydrogens (tertiary/aromatic N) is 2. The molecule has 0 bridgehead atoms. The van der Waals surface area contributed by atoms with Crippen LogP contribution < -0.4 is 5.32 Å². The van der Waals surface area contributed by atoms with Crippen LogP contribution in [-0.2, 0) is 17.9 Å². The van der Waals surface area contributed by atoms with Crippen molar-refractivity contribution in [2.24, 2.45) is 0 Å². The van der Waals surface area contributed by atoms with Gasteiger partial charge in [-0.05, 0) is 43.2 Å². The molecule has 5 nitrogen and oxygen atoms in total. The molecule has 176 valence electrons. The SMILES string of the molecule is Cc1nn(Cc2ccccc2Cl)c(C)c1NC(=O)c1cccc(COCC(F)(F)C(F)F)c1. The van der Waals surface area contributed by atoms with Crippen molar-refractivity contribution in [3.8, 4) is 0 Å². The Morgan fingerprint density at radius 1 is 1.18 bits per heavy atom. The number of carbonyl (C=O) groups excluding carboxylic acids is 1. The van der Waals surface area contributed by atoms with Crippen LogP contribution in [0.2, 0.25) is 5.02 Å². The minimum atomic E-state index is -4.23. The van der Waals surface area contributed by atoms with Gasteiger partial charge in [0.25, 0.3) is 5.91 Å². The molecule has 1 heterocycles. The lowest BCUT2D eigenvalue weighted by Crippen LogP contribution is -2.32. The van der Waals surface area contributed by atoms with Crippen LogP contribution in [0.15, 0.2) is 48.5 Å². The van der Waals surface area contributed by atoms with Crippen molar-refractivity contribution in [1.82, 2.24) is 9.78 Å². The second kappa shape index (κ2) is 10.4. The number of aryl methyl sites for hydroxylation is 1. The Balaban J connectivity index is 1.69. The smallest absolute Gasteiger partial charge is 0.330 e. The van der Waals surface area contributed by atoms with Gasteiger partial charge < -0.3 is 10.1 Å². The number of rotatable bonds is 9. The number of halogens is 5. The van der Waals surface area contributed by atoms with Gasteiger partial charge in [-0.1, -0.05) is 41.9 Å². The van der Waals surface area contributed by atoms with E-state index < -0.39 is 24.9 Å². The van der Waals surface area contributed by atoms with Crippen LogP contribution in [0.4, 0.5) is 23.2 Å². The van der Waals surface area contributed by atoms with E-state index in [9.17, 15) is 22.4 Å². The molecule has 1 N–H and O–H groups in total. The number of hydrogen-bond donors (Lipinski definition) is 1. The van der Waals surface area contributed by atoms with Gasteiger partial charge in [-0.15, -0.1) is 0 Å². The lowest BCUT2D eigenvalue weighted by molar-refractivity contribution is -0.168. The zero-order valence-electron chi connectivity index (χ0n) is 17.9. The topological polar surface area (TPSA) is 56.2 Å². The maximum absolute atomic E-state index is 13.0. The Morgan fingerprint density at radius 3 is 2.61 bits per heavy atom. The number of aromatic nitrogens is 2. The molecule has 0 aliphatic rings. The quantitative estimate of drug-likeness (QED) is 0.387. The summed E-state index contributed by atoms with van der Waals surface area (Å²) in [5, 5.41) is 7.91. The van der Waals surface area contributed by atoms with Gasteiger partial charge in [-0.3, -0.25) is 9.48 Å². The summed E-state index contributed by atoms with van der Waals surface area (Å²) in [6.07, 6.45) is -3.81. The van der Waals surface area contributed by atoms with Crippen LogP contribution in [0.5, 0.6) is 0 Å². The van der Waals surface area contributed by atoms with Gasteiger partial charge >= 0.3 is 12.3 Å². The van der Waals surface area contributed by atoms with Crippen molar-refractivity contribution in [2.45, 2.75) is 39.3 Å². The van der Waals surface area contributed by atoms with Crippen LogP contribution >= 0.6 is 11.6 Å². The fourth-order valence-corrected chi connectivity index (χ4v) is 3.37. The fraction of sp³-hybridized carbons (Fsp3) is 0.304. The highest BCUT2D eigenvalue weighted by atomic mass is 35.5. The van der Waals surface area contributed by atoms with Crippen molar-refractivity contribution < 1.29 is 27.1 Å². The summed E-state index contributed by atoms with van der Waals surface area (Å²) < 4.78 is 56.9. The number of nitrogens with one attached hydrogen (secondary N) is 1. The number of carbonyl (C=O) groups is 1. The molecule has 0 radical (unpaired) electrons. The van der Waals surface area contributed by atoms with Crippen LogP contribution in [-0.4, -0.2) is 34.6 Å². The van der Waals surface area contributed by atoms with Gasteiger partial charge in [-0.25, -0.2) is 8.78 Å². The Kier molecular flexibility index (Phi) is 7.76. The Morgan fingerprint density at radius 2 is 1.91 bits per heavy atom. The third-order valence-corrected chi connectivity index (χ3v) is 5.34. The van der Waals surface area contributed by atoms with E-state index >= 15 is 0 Å². The minimum Gasteiger partial charge on any atom is -0.370 e. The van der Waals surface area contributed by atoms with E-state index in [1.807, 2.05) is 25.1 Å². The molecule has 0 unspecified atom stereocenters. The van der Waals surface area contributed by atoms with Crippen LogP contribution in [0.25, 0.3) is 0 Å². The summed E-state index contributed by atoms with van der Waals surface area (Å²) in [6, 6.07) is 13.5. The lowest BCUT2D eigenvalue weighted by Gasteiger charge is -2.15. The molecule has 0 saturated heterocycles. The van der Waals surface area contributed by atoms with E-state index in [0.29, 0.717) is 28.5 Å². The molecular weight excluding hydrogens is 462 g/mol. The largest absolute Gasteiger partial charge is 0.370 e. The Bertz CT molecular complexity index is 1130. The molecule has 0 aliphatic carbocycles. The van der Waals surface area contributed by atoms with Crippen LogP contribution in [0, 0.1) is 13.8 Å². The van der Waals surface area contributed by atoms with E-state index in [-0.39, 0.29) is 12.2 Å². The molecule has 0 spiro atoms. The number of hydrogen-bond acceptors (Lipinski definition) is 3. The maximum Gasteiger partial charge on any atom is 0.330 e. The first kappa shape index (κ1) is 24.7. The van der Waals surface area contributed by atoms with E-state index in [4.69, 9.17) is 16.3 Å². The third-order valence-electron chi connectivity index (χ3n) is 4.97. The molecule has 3 rings (SSSR count). The first-order valence-corrected chi connectivity index (χ1v) is 10.4. The summed E-state index contributed by atoms with van der Waals surface area (Å²) in [7, 11) is 0. The second-order valence-electron chi connectivity index (χ2n) is 7.50. The van der Waals surface area contributed by atoms with E-state index in [0.717, 1.165) is 11.3 Å². The van der Waals surface area contributed by atoms with Gasteiger partial charge in [-0.2, -0.15) is 13.9 Å². The molecule has 3 aromatic rings. The van der Waals surface area contributed by atoms with Crippen molar-refractivity contribution in [2.75, 3.05) is 11.9 Å². The average molecular weight is 484 g/mol. The molecule has 1 amide bonds. The van der Waals surface area contributed by atoms with Crippen molar-refractivity contribution >= 4 is 23.2 Å². The number of benzene rings is 2. The zero-order valence-corrected chi connectivity index (χ0v) is 18.7. The third kappa shape index (κ3) is 6.11. The highest BCUT2D eigenvalue weighted by Crippen LogP contribution is 2.25. The predicted octanol–water partition coefficient (Wildman–Crippen LogP) is 5.87. The first-order chi connectivity index (χ1) is 15.6. The maximum atomic E-state index is 13.0. The summed E-state index contributed by atoms with van der Waals surface area (Å²) >= 11 is 6.23. The highest BCUT2D eigenvalue weighted by molar-refractivity contribution is 6.31. The van der Waals surface area contributed by atoms with Gasteiger partial charge in [0, 0.05) is 10.6 Å². The number of amides is 1. The molecule has 10 heteroatoms. The minimum absolute atomic E-state index is 0.259. The predicted molar refractivity (Wildman–Crippen MR) is 117 cm³/mol. The zero-order chi connectivity index (χ0) is 24.2. The molecule has 0 saturated carbocycles. The lowest BCUT2D eigenvalue weighted by atomic mass is 10.1. The molecule has 2 aromatic carbocycles. The Labute approximate surface area is 193 Å². The van der Waals surface area contributed by atoms with Gasteiger partial charge in [0.05, 0.1) is 30.2 Å². The monoisotopic (exact) mass is 483 g/mol. The normalized spacial score (nSPS) is 11.8. The molecule has 0 fully saturated rings. The van der Waals surface area contributed by atoms with Crippen LogP contribution in [0.3, 0.4) is 0 Å². The average Bonchev–Trinajstić information content (AvgIpc) is 3.02. The van der Waals surface area contributed by atoms with Crippen molar-refractivity contribution in [3.05, 3.63) is 81.6 Å². The van der Waals surface area contributed by atoms with Gasteiger partial charge in [0.1, 0.15) is 6.61 Å². The standard InChI is InChI=1S/C23H22ClF4N3O2/c1-14-20(15(2)31(30-14)11-18-7-3-4-9-19(18)24)29-21(32)17-8-5-6-16(10-17)12-33-13-23(27,28)22(25)26/h3-10,22H,11-13H2,1-2H3,(H,29,32). The van der Waals surface area contributed by atoms with E-state index in [1.54, 1.807) is 35.9 Å². The summed E-state index contributed by atoms with van der Waals surface area (Å²) in [5.74, 6) is -4.66. The highest BCUT2D eigenvalue weighted by Gasteiger charge is 2.40. The molecule has 0 aliphatic heterocycles. The number of ether oxygens (including phenoxy) is 1. The number of anilines is 1. The summed E-state index contributed by atoms with van der Waals surface area (Å²) in [4.78, 5) is 12.8. The van der Waals surface area contributed by atoms with Gasteiger partial charge in [0.2, 0.25) is 0 Å². The Hall–Kier alpha value is -2.91. The van der Waals surface area contributed by atoms with E-state index in [1.165, 1.54) is 6.07 Å². The summed E-state index contributed by atoms with van der Waals surface area (Å²) in [6.45, 7) is 2.26. The molecular formula is C23H22ClF4N3O2. The fourth-order valence-electron chi connectivity index (χ4n) is 3.18. The second-order valence-corrected chi connectivity index (χ2v) is 7.91. The first-order valence-electron chi connectivity index (χ1n) is 10.00. The molecule has 33 heavy (non-hydrogen) atoms. The molecule has 0 atom stereocenters. The van der Waals surface area contributed by atoms with Gasteiger partial charge in [0.15, 0.2) is 0 Å². The van der Waals surface area contributed by atoms with Crippen molar-refractivity contribution in [1.29, 1.82) is 0 Å². The summed E-state index contributed by atoms with van der Waals surface area (Å²) in [5.41, 5.74) is 3.43. The molecule has 1 aromatic heterocycles. The number of alkyl halides is 4. The van der Waals surface area contributed by atoms with Crippen molar-refractivity contribution in [3.63, 3.8) is 0 Å².